The van der Waals surface area contributed by atoms with E-state index in [1.54, 1.807) is 12.1 Å². The van der Waals surface area contributed by atoms with Crippen molar-refractivity contribution in [3.05, 3.63) is 77.9 Å². The maximum absolute atomic E-state index is 9.43. The van der Waals surface area contributed by atoms with Gasteiger partial charge in [0.2, 0.25) is 0 Å². The van der Waals surface area contributed by atoms with Gasteiger partial charge >= 0.3 is 0 Å². The second-order valence-corrected chi connectivity index (χ2v) is 6.38. The predicted molar refractivity (Wildman–Crippen MR) is 102 cm³/mol. The van der Waals surface area contributed by atoms with Crippen LogP contribution in [0.1, 0.15) is 30.9 Å². The quantitative estimate of drug-likeness (QED) is 0.579. The van der Waals surface area contributed by atoms with Crippen LogP contribution >= 0.6 is 0 Å². The third-order valence-corrected chi connectivity index (χ3v) is 4.51. The molecule has 1 N–H and O–H groups in total. The Hall–Kier alpha value is -2.54. The van der Waals surface area contributed by atoms with Crippen molar-refractivity contribution in [1.29, 1.82) is 0 Å². The lowest BCUT2D eigenvalue weighted by molar-refractivity contribution is 0.475. The van der Waals surface area contributed by atoms with Gasteiger partial charge in [-0.1, -0.05) is 67.9 Å². The fraction of sp³-hybridized carbons (Fsp3) is 0.217. The highest BCUT2D eigenvalue weighted by atomic mass is 16.3. The normalized spacial score (nSPS) is 10.8. The number of aromatic hydroxyl groups is 1. The van der Waals surface area contributed by atoms with Crippen LogP contribution in [0.25, 0.3) is 22.3 Å². The average molecular weight is 316 g/mol. The average Bonchev–Trinajstić information content (AvgIpc) is 2.61. The van der Waals surface area contributed by atoms with E-state index in [2.05, 4.69) is 56.3 Å². The van der Waals surface area contributed by atoms with Gasteiger partial charge in [-0.25, -0.2) is 0 Å². The molecule has 3 rings (SSSR count). The molecule has 0 unspecified atom stereocenters. The molecule has 0 atom stereocenters. The van der Waals surface area contributed by atoms with Crippen LogP contribution in [0.5, 0.6) is 5.75 Å². The highest BCUT2D eigenvalue weighted by molar-refractivity contribution is 5.73. The first-order valence-electron chi connectivity index (χ1n) is 8.67. The minimum atomic E-state index is 0.301. The Balaban J connectivity index is 1.85. The van der Waals surface area contributed by atoms with Crippen LogP contribution < -0.4 is 0 Å². The molecule has 3 aromatic carbocycles. The number of hydrogen-bond donors (Lipinski definition) is 1. The third-order valence-electron chi connectivity index (χ3n) is 4.51. The zero-order valence-electron chi connectivity index (χ0n) is 14.4. The molecule has 0 amide bonds. The molecule has 0 saturated heterocycles. The summed E-state index contributed by atoms with van der Waals surface area (Å²) in [6.45, 7) is 4.39. The second-order valence-electron chi connectivity index (χ2n) is 6.38. The zero-order valence-corrected chi connectivity index (χ0v) is 14.4. The summed E-state index contributed by atoms with van der Waals surface area (Å²) >= 11 is 0. The number of phenols is 1. The van der Waals surface area contributed by atoms with Crippen LogP contribution in [0.2, 0.25) is 0 Å². The van der Waals surface area contributed by atoms with Gasteiger partial charge < -0.3 is 5.11 Å². The van der Waals surface area contributed by atoms with Gasteiger partial charge in [0, 0.05) is 0 Å². The largest absolute Gasteiger partial charge is 0.508 e. The van der Waals surface area contributed by atoms with Crippen molar-refractivity contribution >= 4 is 0 Å². The van der Waals surface area contributed by atoms with Crippen LogP contribution in [0.4, 0.5) is 0 Å². The van der Waals surface area contributed by atoms with Gasteiger partial charge in [-0.05, 0) is 65.3 Å². The lowest BCUT2D eigenvalue weighted by atomic mass is 9.95. The molecule has 3 aromatic rings. The number of benzene rings is 3. The number of rotatable bonds is 5. The van der Waals surface area contributed by atoms with Crippen molar-refractivity contribution in [2.24, 2.45) is 0 Å². The first-order chi connectivity index (χ1) is 11.7. The molecule has 0 aliphatic heterocycles. The van der Waals surface area contributed by atoms with E-state index < -0.39 is 0 Å². The van der Waals surface area contributed by atoms with Crippen LogP contribution in [0.3, 0.4) is 0 Å². The topological polar surface area (TPSA) is 20.2 Å². The molecule has 0 fully saturated rings. The molecular formula is C23H24O. The van der Waals surface area contributed by atoms with Gasteiger partial charge in [0.25, 0.3) is 0 Å². The van der Waals surface area contributed by atoms with Gasteiger partial charge in [0.05, 0.1) is 0 Å². The highest BCUT2D eigenvalue weighted by Gasteiger charge is 2.05. The lowest BCUT2D eigenvalue weighted by Gasteiger charge is -2.10. The van der Waals surface area contributed by atoms with E-state index in [4.69, 9.17) is 0 Å². The van der Waals surface area contributed by atoms with E-state index in [1.807, 2.05) is 12.1 Å². The minimum absolute atomic E-state index is 0.301. The molecule has 0 radical (unpaired) electrons. The Labute approximate surface area is 144 Å². The van der Waals surface area contributed by atoms with E-state index in [0.29, 0.717) is 5.75 Å². The van der Waals surface area contributed by atoms with Crippen molar-refractivity contribution in [3.8, 4) is 28.0 Å². The maximum atomic E-state index is 9.43. The molecule has 1 nitrogen and oxygen atoms in total. The summed E-state index contributed by atoms with van der Waals surface area (Å²) < 4.78 is 0. The zero-order chi connectivity index (χ0) is 16.9. The molecule has 0 bridgehead atoms. The third kappa shape index (κ3) is 3.68. The number of hydrogen-bond acceptors (Lipinski definition) is 1. The maximum Gasteiger partial charge on any atom is 0.115 e. The second kappa shape index (κ2) is 7.35. The molecule has 1 heteroatoms. The van der Waals surface area contributed by atoms with Gasteiger partial charge in [0.1, 0.15) is 5.75 Å². The van der Waals surface area contributed by atoms with Crippen molar-refractivity contribution in [3.63, 3.8) is 0 Å². The summed E-state index contributed by atoms with van der Waals surface area (Å²) in [5.74, 6) is 0.301. The monoisotopic (exact) mass is 316 g/mol. The Kier molecular flexibility index (Phi) is 5.00. The van der Waals surface area contributed by atoms with Crippen LogP contribution in [0.15, 0.2) is 66.7 Å². The van der Waals surface area contributed by atoms with Gasteiger partial charge in [-0.2, -0.15) is 0 Å². The van der Waals surface area contributed by atoms with Gasteiger partial charge in [-0.15, -0.1) is 0 Å². The SMILES string of the molecule is CCCCc1ccc(-c2ccc(-c3ccc(O)cc3)cc2C)cc1. The fourth-order valence-corrected chi connectivity index (χ4v) is 3.05. The van der Waals surface area contributed by atoms with E-state index >= 15 is 0 Å². The predicted octanol–water partition coefficient (Wildman–Crippen LogP) is 6.38. The molecule has 0 saturated carbocycles. The smallest absolute Gasteiger partial charge is 0.115 e. The molecule has 0 aromatic heterocycles. The van der Waals surface area contributed by atoms with Crippen LogP contribution in [-0.4, -0.2) is 5.11 Å². The van der Waals surface area contributed by atoms with Crippen molar-refractivity contribution in [2.45, 2.75) is 33.1 Å². The number of phenolic OH excluding ortho intramolecular Hbond substituents is 1. The van der Waals surface area contributed by atoms with E-state index in [9.17, 15) is 5.11 Å². The number of aryl methyl sites for hydroxylation is 2. The van der Waals surface area contributed by atoms with Crippen molar-refractivity contribution in [2.75, 3.05) is 0 Å². The lowest BCUT2D eigenvalue weighted by Crippen LogP contribution is -1.88. The summed E-state index contributed by atoms with van der Waals surface area (Å²) in [6, 6.07) is 22.9. The highest BCUT2D eigenvalue weighted by Crippen LogP contribution is 2.29. The Bertz CT molecular complexity index is 798. The summed E-state index contributed by atoms with van der Waals surface area (Å²) in [7, 11) is 0. The summed E-state index contributed by atoms with van der Waals surface area (Å²) in [5.41, 5.74) is 7.53. The van der Waals surface area contributed by atoms with Crippen molar-refractivity contribution < 1.29 is 5.11 Å². The van der Waals surface area contributed by atoms with Crippen molar-refractivity contribution in [1.82, 2.24) is 0 Å². The van der Waals surface area contributed by atoms with Gasteiger partial charge in [-0.3, -0.25) is 0 Å². The van der Waals surface area contributed by atoms with E-state index in [1.165, 1.54) is 40.7 Å². The Morgan fingerprint density at radius 1 is 0.750 bits per heavy atom. The van der Waals surface area contributed by atoms with E-state index in [0.717, 1.165) is 12.0 Å². The summed E-state index contributed by atoms with van der Waals surface area (Å²) in [5, 5.41) is 9.43. The first-order valence-corrected chi connectivity index (χ1v) is 8.67. The van der Waals surface area contributed by atoms with Crippen LogP contribution in [0, 0.1) is 6.92 Å². The summed E-state index contributed by atoms with van der Waals surface area (Å²) in [6.07, 6.45) is 3.65. The standard InChI is InChI=1S/C23H24O/c1-3-4-5-18-6-8-20(9-7-18)23-15-12-21(16-17(23)2)19-10-13-22(24)14-11-19/h6-16,24H,3-5H2,1-2H3. The summed E-state index contributed by atoms with van der Waals surface area (Å²) in [4.78, 5) is 0. The molecule has 0 heterocycles. The Morgan fingerprint density at radius 2 is 1.38 bits per heavy atom. The molecule has 122 valence electrons. The molecule has 0 aliphatic carbocycles. The molecule has 24 heavy (non-hydrogen) atoms. The fourth-order valence-electron chi connectivity index (χ4n) is 3.05. The molecule has 0 spiro atoms. The van der Waals surface area contributed by atoms with Gasteiger partial charge in [0.15, 0.2) is 0 Å². The minimum Gasteiger partial charge on any atom is -0.508 e. The Morgan fingerprint density at radius 3 is 2.00 bits per heavy atom. The first kappa shape index (κ1) is 16.3. The molecular weight excluding hydrogens is 292 g/mol. The van der Waals surface area contributed by atoms with E-state index in [-0.39, 0.29) is 0 Å². The number of unbranched alkanes of at least 4 members (excludes halogenated alkanes) is 1. The molecule has 0 aliphatic rings. The van der Waals surface area contributed by atoms with Crippen LogP contribution in [-0.2, 0) is 6.42 Å².